The number of nitrogens with zero attached hydrogens (tertiary/aromatic N) is 1. The number of thiophene rings is 2. The number of urea groups is 1. The lowest BCUT2D eigenvalue weighted by molar-refractivity contribution is -0.123. The van der Waals surface area contributed by atoms with E-state index in [1.54, 1.807) is 34.8 Å². The Morgan fingerprint density at radius 3 is 2.68 bits per heavy atom. The Morgan fingerprint density at radius 1 is 1.00 bits per heavy atom. The molecule has 158 valence electrons. The van der Waals surface area contributed by atoms with Crippen molar-refractivity contribution in [2.45, 2.75) is 6.42 Å². The molecule has 0 atom stereocenters. The predicted octanol–water partition coefficient (Wildman–Crippen LogP) is 4.31. The summed E-state index contributed by atoms with van der Waals surface area (Å²) in [6.45, 7) is -0.130. The van der Waals surface area contributed by atoms with Crippen molar-refractivity contribution in [3.05, 3.63) is 63.7 Å². The van der Waals surface area contributed by atoms with Gasteiger partial charge in [0.05, 0.1) is 15.1 Å². The highest BCUT2D eigenvalue weighted by Crippen LogP contribution is 2.34. The van der Waals surface area contributed by atoms with E-state index in [-0.39, 0.29) is 0 Å². The van der Waals surface area contributed by atoms with Crippen molar-refractivity contribution in [3.63, 3.8) is 0 Å². The van der Waals surface area contributed by atoms with Crippen LogP contribution in [-0.4, -0.2) is 36.0 Å². The Labute approximate surface area is 189 Å². The molecule has 1 aromatic carbocycles. The Balaban J connectivity index is 1.24. The van der Waals surface area contributed by atoms with Gasteiger partial charge >= 0.3 is 12.0 Å². The Hall–Kier alpha value is -3.08. The Morgan fingerprint density at radius 2 is 1.87 bits per heavy atom. The summed E-state index contributed by atoms with van der Waals surface area (Å²) in [6.07, 6.45) is 0.684. The number of thiazole rings is 1. The number of carbonyl (C=O) groups excluding carboxylic acids is 3. The minimum atomic E-state index is -0.690. The number of esters is 1. The van der Waals surface area contributed by atoms with Crippen molar-refractivity contribution in [2.24, 2.45) is 0 Å². The van der Waals surface area contributed by atoms with Crippen molar-refractivity contribution in [1.82, 2.24) is 15.6 Å². The normalized spacial score (nSPS) is 10.7. The van der Waals surface area contributed by atoms with Gasteiger partial charge in [-0.3, -0.25) is 10.1 Å². The van der Waals surface area contributed by atoms with Gasteiger partial charge in [-0.15, -0.1) is 34.0 Å². The van der Waals surface area contributed by atoms with E-state index >= 15 is 0 Å². The van der Waals surface area contributed by atoms with Crippen molar-refractivity contribution in [3.8, 4) is 9.88 Å². The van der Waals surface area contributed by atoms with Crippen LogP contribution in [0.4, 0.5) is 4.79 Å². The van der Waals surface area contributed by atoms with Gasteiger partial charge in [0.1, 0.15) is 9.88 Å². The van der Waals surface area contributed by atoms with Gasteiger partial charge in [-0.1, -0.05) is 18.2 Å². The molecule has 10 heteroatoms. The highest BCUT2D eigenvalue weighted by Gasteiger charge is 2.16. The van der Waals surface area contributed by atoms with Gasteiger partial charge in [0.2, 0.25) is 0 Å². The standard InChI is InChI=1S/C21H17N3O4S3/c25-18(24-21(27)22-10-9-13-4-3-11-29-13)12-28-20(26)17-8-7-16(30-17)19-23-14-5-1-2-6-15(14)31-19/h1-8,11H,9-10,12H2,(H2,22,24,25,27). The summed E-state index contributed by atoms with van der Waals surface area (Å²) in [5.41, 5.74) is 0.908. The van der Waals surface area contributed by atoms with E-state index in [9.17, 15) is 14.4 Å². The van der Waals surface area contributed by atoms with Crippen LogP contribution in [0.1, 0.15) is 14.5 Å². The molecule has 0 bridgehead atoms. The molecule has 2 N–H and O–H groups in total. The number of carbonyl (C=O) groups is 3. The summed E-state index contributed by atoms with van der Waals surface area (Å²) in [7, 11) is 0. The minimum absolute atomic E-state index is 0.363. The number of fused-ring (bicyclic) bond motifs is 1. The largest absolute Gasteiger partial charge is 0.451 e. The maximum Gasteiger partial charge on any atom is 0.348 e. The number of benzene rings is 1. The van der Waals surface area contributed by atoms with E-state index in [1.165, 1.54) is 11.3 Å². The molecule has 3 heterocycles. The van der Waals surface area contributed by atoms with Crippen LogP contribution >= 0.6 is 34.0 Å². The first-order valence-corrected chi connectivity index (χ1v) is 11.8. The van der Waals surface area contributed by atoms with E-state index in [4.69, 9.17) is 4.74 Å². The van der Waals surface area contributed by atoms with Crippen LogP contribution in [-0.2, 0) is 16.0 Å². The van der Waals surface area contributed by atoms with Gasteiger partial charge in [-0.05, 0) is 42.1 Å². The van der Waals surface area contributed by atoms with Crippen LogP contribution in [0.15, 0.2) is 53.9 Å². The third-order valence-corrected chi connectivity index (χ3v) is 7.34. The zero-order valence-corrected chi connectivity index (χ0v) is 18.6. The van der Waals surface area contributed by atoms with E-state index in [1.807, 2.05) is 41.8 Å². The lowest BCUT2D eigenvalue weighted by atomic mass is 10.3. The van der Waals surface area contributed by atoms with Crippen molar-refractivity contribution in [2.75, 3.05) is 13.2 Å². The van der Waals surface area contributed by atoms with Gasteiger partial charge in [0.25, 0.3) is 5.91 Å². The summed E-state index contributed by atoms with van der Waals surface area (Å²) in [5, 5.41) is 7.52. The molecular formula is C21H17N3O4S3. The minimum Gasteiger partial charge on any atom is -0.451 e. The third kappa shape index (κ3) is 5.54. The third-order valence-electron chi connectivity index (χ3n) is 4.14. The zero-order chi connectivity index (χ0) is 21.6. The maximum absolute atomic E-state index is 12.2. The van der Waals surface area contributed by atoms with Gasteiger partial charge in [-0.25, -0.2) is 14.6 Å². The first-order valence-electron chi connectivity index (χ1n) is 9.31. The van der Waals surface area contributed by atoms with Crippen LogP contribution in [0, 0.1) is 0 Å². The summed E-state index contributed by atoms with van der Waals surface area (Å²) in [4.78, 5) is 42.8. The van der Waals surface area contributed by atoms with E-state index < -0.39 is 24.5 Å². The number of hydrogen-bond donors (Lipinski definition) is 2. The molecule has 0 spiro atoms. The zero-order valence-electron chi connectivity index (χ0n) is 16.1. The van der Waals surface area contributed by atoms with Gasteiger partial charge in [0, 0.05) is 11.4 Å². The monoisotopic (exact) mass is 471 g/mol. The number of rotatable bonds is 7. The molecule has 4 rings (SSSR count). The van der Waals surface area contributed by atoms with Gasteiger partial charge in [0.15, 0.2) is 6.61 Å². The van der Waals surface area contributed by atoms with Crippen molar-refractivity contribution in [1.29, 1.82) is 0 Å². The fourth-order valence-electron chi connectivity index (χ4n) is 2.70. The average molecular weight is 472 g/mol. The molecule has 0 aliphatic heterocycles. The Bertz CT molecular complexity index is 1180. The maximum atomic E-state index is 12.2. The summed E-state index contributed by atoms with van der Waals surface area (Å²) >= 11 is 4.39. The highest BCUT2D eigenvalue weighted by molar-refractivity contribution is 7.26. The second-order valence-corrected chi connectivity index (χ2v) is 9.51. The number of hydrogen-bond acceptors (Lipinski definition) is 8. The number of ether oxygens (including phenoxy) is 1. The lowest BCUT2D eigenvalue weighted by Gasteiger charge is -2.06. The van der Waals surface area contributed by atoms with Crippen LogP contribution in [0.5, 0.6) is 0 Å². The van der Waals surface area contributed by atoms with Crippen molar-refractivity contribution >= 4 is 62.1 Å². The molecule has 3 aromatic heterocycles. The van der Waals surface area contributed by atoms with Crippen molar-refractivity contribution < 1.29 is 19.1 Å². The smallest absolute Gasteiger partial charge is 0.348 e. The lowest BCUT2D eigenvalue weighted by Crippen LogP contribution is -2.42. The molecule has 3 amide bonds. The topological polar surface area (TPSA) is 97.4 Å². The van der Waals surface area contributed by atoms with Gasteiger partial charge < -0.3 is 10.1 Å². The van der Waals surface area contributed by atoms with Crippen LogP contribution < -0.4 is 10.6 Å². The molecule has 31 heavy (non-hydrogen) atoms. The summed E-state index contributed by atoms with van der Waals surface area (Å²) < 4.78 is 6.10. The number of nitrogens with one attached hydrogen (secondary N) is 2. The molecule has 0 saturated carbocycles. The first kappa shape index (κ1) is 21.2. The molecule has 4 aromatic rings. The quantitative estimate of drug-likeness (QED) is 0.392. The first-order chi connectivity index (χ1) is 15.1. The predicted molar refractivity (Wildman–Crippen MR) is 123 cm³/mol. The number of aromatic nitrogens is 1. The molecule has 0 aliphatic carbocycles. The molecule has 0 aliphatic rings. The molecule has 0 unspecified atom stereocenters. The fourth-order valence-corrected chi connectivity index (χ4v) is 5.33. The summed E-state index contributed by atoms with van der Waals surface area (Å²) in [6, 6.07) is 14.6. The molecule has 7 nitrogen and oxygen atoms in total. The number of amides is 3. The molecular weight excluding hydrogens is 454 g/mol. The summed E-state index contributed by atoms with van der Waals surface area (Å²) in [5.74, 6) is -1.31. The second kappa shape index (κ2) is 9.82. The van der Waals surface area contributed by atoms with E-state index in [2.05, 4.69) is 15.6 Å². The SMILES string of the molecule is O=C(COC(=O)c1ccc(-c2nc3ccccc3s2)s1)NC(=O)NCCc1cccs1. The number of imide groups is 1. The Kier molecular flexibility index (Phi) is 6.70. The fraction of sp³-hybridized carbons (Fsp3) is 0.143. The van der Waals surface area contributed by atoms with Crippen LogP contribution in [0.2, 0.25) is 0 Å². The average Bonchev–Trinajstić information content (AvgIpc) is 3.51. The molecule has 0 radical (unpaired) electrons. The molecule has 0 saturated heterocycles. The van der Waals surface area contributed by atoms with Gasteiger partial charge in [-0.2, -0.15) is 0 Å². The number of para-hydroxylation sites is 1. The second-order valence-electron chi connectivity index (χ2n) is 6.36. The molecule has 0 fully saturated rings. The van der Waals surface area contributed by atoms with E-state index in [0.717, 1.165) is 25.0 Å². The highest BCUT2D eigenvalue weighted by atomic mass is 32.1. The van der Waals surface area contributed by atoms with Crippen LogP contribution in [0.3, 0.4) is 0 Å². The van der Waals surface area contributed by atoms with Crippen LogP contribution in [0.25, 0.3) is 20.1 Å². The van der Waals surface area contributed by atoms with E-state index in [0.29, 0.717) is 17.8 Å².